The molecule has 1 atom stereocenters. The maximum absolute atomic E-state index is 12.0. The summed E-state index contributed by atoms with van der Waals surface area (Å²) in [5.74, 6) is 2.51. The molecule has 0 spiro atoms. The van der Waals surface area contributed by atoms with E-state index in [0.29, 0.717) is 11.6 Å². The molecule has 1 saturated carbocycles. The van der Waals surface area contributed by atoms with Crippen LogP contribution in [0.1, 0.15) is 66.1 Å². The molecule has 132 valence electrons. The van der Waals surface area contributed by atoms with Gasteiger partial charge in [-0.2, -0.15) is 0 Å². The van der Waals surface area contributed by atoms with Crippen LogP contribution in [0.5, 0.6) is 0 Å². The summed E-state index contributed by atoms with van der Waals surface area (Å²) in [5, 5.41) is 2.71. The van der Waals surface area contributed by atoms with Crippen LogP contribution in [0.15, 0.2) is 24.4 Å². The molecule has 6 heteroatoms. The van der Waals surface area contributed by atoms with Crippen molar-refractivity contribution in [2.45, 2.75) is 44.1 Å². The fraction of sp³-hybridized carbons (Fsp3) is 0.526. The largest absolute Gasteiger partial charge is 0.354 e. The van der Waals surface area contributed by atoms with Crippen molar-refractivity contribution in [1.82, 2.24) is 19.9 Å². The number of anilines is 1. The predicted molar refractivity (Wildman–Crippen MR) is 96.7 cm³/mol. The number of amides is 1. The molecular weight excluding hydrogens is 314 g/mol. The van der Waals surface area contributed by atoms with E-state index in [1.165, 1.54) is 31.4 Å². The molecule has 1 aliphatic carbocycles. The van der Waals surface area contributed by atoms with Gasteiger partial charge in [0.1, 0.15) is 17.3 Å². The topological polar surface area (TPSA) is 63.1 Å². The average molecular weight is 339 g/mol. The molecule has 25 heavy (non-hydrogen) atoms. The standard InChI is InChI=1S/C19H25N5O/c1-20-19(25)16-9-8-14(23(16)2)15-5-3-4-12-24(15)17-10-11-21-18(22-17)13-6-7-13/h8-11,13,15H,3-7,12H2,1-2H3,(H,20,25). The van der Waals surface area contributed by atoms with Gasteiger partial charge in [-0.05, 0) is 50.3 Å². The quantitative estimate of drug-likeness (QED) is 0.930. The van der Waals surface area contributed by atoms with Gasteiger partial charge in [0.2, 0.25) is 0 Å². The van der Waals surface area contributed by atoms with Crippen molar-refractivity contribution in [2.75, 3.05) is 18.5 Å². The molecule has 4 rings (SSSR count). The highest BCUT2D eigenvalue weighted by Gasteiger charge is 2.30. The molecule has 3 heterocycles. The fourth-order valence-corrected chi connectivity index (χ4v) is 3.79. The predicted octanol–water partition coefficient (Wildman–Crippen LogP) is 2.78. The summed E-state index contributed by atoms with van der Waals surface area (Å²) in [6.45, 7) is 0.992. The first-order chi connectivity index (χ1) is 12.2. The molecule has 0 aromatic carbocycles. The Morgan fingerprint density at radius 2 is 2.04 bits per heavy atom. The van der Waals surface area contributed by atoms with E-state index in [1.54, 1.807) is 7.05 Å². The molecule has 0 bridgehead atoms. The Labute approximate surface area is 148 Å². The van der Waals surface area contributed by atoms with Gasteiger partial charge in [0.15, 0.2) is 0 Å². The van der Waals surface area contributed by atoms with Gasteiger partial charge in [-0.1, -0.05) is 0 Å². The molecule has 2 aromatic heterocycles. The summed E-state index contributed by atoms with van der Waals surface area (Å²) >= 11 is 0. The Kier molecular flexibility index (Phi) is 4.19. The van der Waals surface area contributed by atoms with Crippen LogP contribution in [-0.4, -0.2) is 34.0 Å². The zero-order valence-corrected chi connectivity index (χ0v) is 14.9. The molecule has 6 nitrogen and oxygen atoms in total. The molecule has 2 fully saturated rings. The lowest BCUT2D eigenvalue weighted by Gasteiger charge is -2.37. The molecule has 1 unspecified atom stereocenters. The second-order valence-corrected chi connectivity index (χ2v) is 7.03. The third kappa shape index (κ3) is 3.01. The fourth-order valence-electron chi connectivity index (χ4n) is 3.79. The van der Waals surface area contributed by atoms with Crippen LogP contribution in [0.4, 0.5) is 5.82 Å². The number of piperidine rings is 1. The van der Waals surface area contributed by atoms with E-state index >= 15 is 0 Å². The first kappa shape index (κ1) is 16.1. The van der Waals surface area contributed by atoms with Gasteiger partial charge >= 0.3 is 0 Å². The molecule has 0 radical (unpaired) electrons. The van der Waals surface area contributed by atoms with Crippen molar-refractivity contribution in [3.63, 3.8) is 0 Å². The smallest absolute Gasteiger partial charge is 0.267 e. The summed E-state index contributed by atoms with van der Waals surface area (Å²) in [5.41, 5.74) is 1.87. The minimum absolute atomic E-state index is 0.0471. The summed E-state index contributed by atoms with van der Waals surface area (Å²) in [7, 11) is 3.64. The first-order valence-corrected chi connectivity index (χ1v) is 9.16. The number of nitrogens with zero attached hydrogens (tertiary/aromatic N) is 4. The third-order valence-corrected chi connectivity index (χ3v) is 5.36. The van der Waals surface area contributed by atoms with Gasteiger partial charge in [-0.3, -0.25) is 4.79 Å². The van der Waals surface area contributed by atoms with E-state index in [4.69, 9.17) is 4.98 Å². The molecular formula is C19H25N5O. The maximum atomic E-state index is 12.0. The SMILES string of the molecule is CNC(=O)c1ccc(C2CCCCN2c2ccnc(C3CC3)n2)n1C. The average Bonchev–Trinajstić information content (AvgIpc) is 3.44. The van der Waals surface area contributed by atoms with E-state index in [2.05, 4.69) is 21.3 Å². The Bertz CT molecular complexity index is 780. The van der Waals surface area contributed by atoms with Crippen molar-refractivity contribution >= 4 is 11.7 Å². The van der Waals surface area contributed by atoms with Crippen molar-refractivity contribution in [1.29, 1.82) is 0 Å². The number of aromatic nitrogens is 3. The van der Waals surface area contributed by atoms with E-state index < -0.39 is 0 Å². The number of hydrogen-bond acceptors (Lipinski definition) is 4. The summed E-state index contributed by atoms with van der Waals surface area (Å²) in [4.78, 5) is 23.7. The lowest BCUT2D eigenvalue weighted by Crippen LogP contribution is -2.35. The van der Waals surface area contributed by atoms with Crippen molar-refractivity contribution < 1.29 is 4.79 Å². The zero-order valence-electron chi connectivity index (χ0n) is 14.9. The van der Waals surface area contributed by atoms with Crippen LogP contribution in [0, 0.1) is 0 Å². The molecule has 1 N–H and O–H groups in total. The van der Waals surface area contributed by atoms with Crippen LogP contribution >= 0.6 is 0 Å². The van der Waals surface area contributed by atoms with Crippen molar-refractivity contribution in [3.8, 4) is 0 Å². The van der Waals surface area contributed by atoms with E-state index in [0.717, 1.165) is 24.6 Å². The molecule has 1 saturated heterocycles. The minimum Gasteiger partial charge on any atom is -0.354 e. The third-order valence-electron chi connectivity index (χ3n) is 5.36. The zero-order chi connectivity index (χ0) is 17.4. The molecule has 2 aliphatic rings. The van der Waals surface area contributed by atoms with Gasteiger partial charge in [-0.15, -0.1) is 0 Å². The van der Waals surface area contributed by atoms with Crippen LogP contribution < -0.4 is 10.2 Å². The second kappa shape index (κ2) is 6.50. The Morgan fingerprint density at radius 3 is 2.80 bits per heavy atom. The summed E-state index contributed by atoms with van der Waals surface area (Å²) in [6, 6.07) is 6.26. The highest BCUT2D eigenvalue weighted by molar-refractivity contribution is 5.92. The normalized spacial score (nSPS) is 20.6. The minimum atomic E-state index is -0.0471. The monoisotopic (exact) mass is 339 g/mol. The van der Waals surface area contributed by atoms with Crippen molar-refractivity contribution in [3.05, 3.63) is 41.6 Å². The van der Waals surface area contributed by atoms with Gasteiger partial charge in [0.25, 0.3) is 5.91 Å². The molecule has 1 aliphatic heterocycles. The van der Waals surface area contributed by atoms with E-state index in [-0.39, 0.29) is 11.9 Å². The Balaban J connectivity index is 1.67. The lowest BCUT2D eigenvalue weighted by molar-refractivity contribution is 0.0954. The number of nitrogens with one attached hydrogen (secondary N) is 1. The molecule has 1 amide bonds. The Hall–Kier alpha value is -2.37. The second-order valence-electron chi connectivity index (χ2n) is 7.03. The summed E-state index contributed by atoms with van der Waals surface area (Å²) < 4.78 is 2.02. The molecule has 2 aromatic rings. The van der Waals surface area contributed by atoms with Gasteiger partial charge in [0, 0.05) is 38.4 Å². The maximum Gasteiger partial charge on any atom is 0.267 e. The van der Waals surface area contributed by atoms with Gasteiger partial charge in [0.05, 0.1) is 6.04 Å². The van der Waals surface area contributed by atoms with E-state index in [9.17, 15) is 4.79 Å². The summed E-state index contributed by atoms with van der Waals surface area (Å²) in [6.07, 6.45) is 7.75. The van der Waals surface area contributed by atoms with Crippen molar-refractivity contribution in [2.24, 2.45) is 7.05 Å². The van der Waals surface area contributed by atoms with Crippen LogP contribution in [0.25, 0.3) is 0 Å². The van der Waals surface area contributed by atoms with Crippen LogP contribution in [0.2, 0.25) is 0 Å². The lowest BCUT2D eigenvalue weighted by atomic mass is 9.99. The number of rotatable bonds is 4. The van der Waals surface area contributed by atoms with Crippen LogP contribution in [0.3, 0.4) is 0 Å². The highest BCUT2D eigenvalue weighted by Crippen LogP contribution is 2.40. The number of hydrogen-bond donors (Lipinski definition) is 1. The van der Waals surface area contributed by atoms with Crippen LogP contribution in [-0.2, 0) is 7.05 Å². The Morgan fingerprint density at radius 1 is 1.20 bits per heavy atom. The van der Waals surface area contributed by atoms with Gasteiger partial charge < -0.3 is 14.8 Å². The van der Waals surface area contributed by atoms with E-state index in [1.807, 2.05) is 29.9 Å². The number of carbonyl (C=O) groups excluding carboxylic acids is 1. The highest BCUT2D eigenvalue weighted by atomic mass is 16.1. The first-order valence-electron chi connectivity index (χ1n) is 9.16. The van der Waals surface area contributed by atoms with Gasteiger partial charge in [-0.25, -0.2) is 9.97 Å². The number of carbonyl (C=O) groups is 1.